The Balaban J connectivity index is 1.80. The van der Waals surface area contributed by atoms with E-state index in [9.17, 15) is 21.6 Å². The van der Waals surface area contributed by atoms with Crippen LogP contribution < -0.4 is 23.8 Å². The highest BCUT2D eigenvalue weighted by molar-refractivity contribution is 7.92. The fourth-order valence-electron chi connectivity index (χ4n) is 3.79. The highest BCUT2D eigenvalue weighted by Gasteiger charge is 2.30. The lowest BCUT2D eigenvalue weighted by Gasteiger charge is -2.29. The molecule has 0 saturated heterocycles. The van der Waals surface area contributed by atoms with Crippen molar-refractivity contribution in [1.82, 2.24) is 0 Å². The zero-order valence-corrected chi connectivity index (χ0v) is 23.6. The second-order valence-electron chi connectivity index (χ2n) is 8.71. The molecule has 12 heteroatoms. The molecular weight excluding hydrogens is 530 g/mol. The van der Waals surface area contributed by atoms with E-state index in [4.69, 9.17) is 9.47 Å². The molecule has 1 atom stereocenters. The van der Waals surface area contributed by atoms with E-state index in [1.54, 1.807) is 31.2 Å². The third-order valence-electron chi connectivity index (χ3n) is 5.78. The molecule has 10 nitrogen and oxygen atoms in total. The third-order valence-corrected chi connectivity index (χ3v) is 8.38. The summed E-state index contributed by atoms with van der Waals surface area (Å²) in [6.07, 6.45) is 1.04. The number of benzene rings is 3. The maximum Gasteiger partial charge on any atom is 0.262 e. The highest BCUT2D eigenvalue weighted by atomic mass is 32.2. The number of aryl methyl sites for hydroxylation is 2. The van der Waals surface area contributed by atoms with Gasteiger partial charge in [-0.2, -0.15) is 0 Å². The number of anilines is 3. The minimum atomic E-state index is -3.98. The van der Waals surface area contributed by atoms with Crippen LogP contribution in [0.15, 0.2) is 65.6 Å². The Labute approximate surface area is 223 Å². The molecule has 1 amide bonds. The van der Waals surface area contributed by atoms with E-state index in [0.717, 1.165) is 16.1 Å². The van der Waals surface area contributed by atoms with Crippen LogP contribution >= 0.6 is 0 Å². The van der Waals surface area contributed by atoms with Gasteiger partial charge in [0.15, 0.2) is 0 Å². The van der Waals surface area contributed by atoms with Crippen LogP contribution in [0.2, 0.25) is 0 Å². The Morgan fingerprint density at radius 2 is 1.55 bits per heavy atom. The highest BCUT2D eigenvalue weighted by Crippen LogP contribution is 2.31. The molecular formula is C26H31N3O7S2. The molecule has 0 aliphatic heterocycles. The molecule has 0 saturated carbocycles. The molecule has 3 rings (SSSR count). The van der Waals surface area contributed by atoms with Gasteiger partial charge in [-0.25, -0.2) is 16.8 Å². The van der Waals surface area contributed by atoms with Crippen LogP contribution in [-0.4, -0.2) is 49.3 Å². The lowest BCUT2D eigenvalue weighted by atomic mass is 10.1. The van der Waals surface area contributed by atoms with Crippen molar-refractivity contribution in [2.24, 2.45) is 0 Å². The van der Waals surface area contributed by atoms with Crippen LogP contribution in [0.3, 0.4) is 0 Å². The molecule has 38 heavy (non-hydrogen) atoms. The lowest BCUT2D eigenvalue weighted by Crippen LogP contribution is -2.45. The van der Waals surface area contributed by atoms with Crippen molar-refractivity contribution in [2.75, 3.05) is 34.8 Å². The van der Waals surface area contributed by atoms with Gasteiger partial charge in [0.1, 0.15) is 17.5 Å². The maximum absolute atomic E-state index is 13.0. The number of rotatable bonds is 10. The van der Waals surface area contributed by atoms with Gasteiger partial charge in [0.25, 0.3) is 10.0 Å². The largest absolute Gasteiger partial charge is 0.497 e. The second kappa shape index (κ2) is 11.3. The smallest absolute Gasteiger partial charge is 0.262 e. The molecule has 0 unspecified atom stereocenters. The molecule has 3 aromatic rings. The number of methoxy groups -OCH3 is 2. The molecule has 0 fully saturated rings. The average molecular weight is 562 g/mol. The first kappa shape index (κ1) is 28.8. The van der Waals surface area contributed by atoms with Crippen LogP contribution in [0.5, 0.6) is 11.5 Å². The van der Waals surface area contributed by atoms with Crippen LogP contribution in [-0.2, 0) is 24.8 Å². The summed E-state index contributed by atoms with van der Waals surface area (Å²) in [4.78, 5) is 13.0. The Bertz CT molecular complexity index is 1540. The molecule has 0 aliphatic carbocycles. The van der Waals surface area contributed by atoms with Gasteiger partial charge < -0.3 is 14.8 Å². The number of nitrogens with one attached hydrogen (secondary N) is 2. The van der Waals surface area contributed by atoms with Crippen LogP contribution in [0.1, 0.15) is 18.1 Å². The van der Waals surface area contributed by atoms with Crippen molar-refractivity contribution in [3.05, 3.63) is 71.8 Å². The summed E-state index contributed by atoms with van der Waals surface area (Å²) in [5.74, 6) is 0.212. The first-order valence-corrected chi connectivity index (χ1v) is 14.8. The Morgan fingerprint density at radius 3 is 2.13 bits per heavy atom. The zero-order valence-electron chi connectivity index (χ0n) is 22.0. The summed E-state index contributed by atoms with van der Waals surface area (Å²) in [5, 5.41) is 2.66. The van der Waals surface area contributed by atoms with Gasteiger partial charge in [-0.3, -0.25) is 13.8 Å². The van der Waals surface area contributed by atoms with Crippen molar-refractivity contribution >= 4 is 43.0 Å². The average Bonchev–Trinajstić information content (AvgIpc) is 2.85. The van der Waals surface area contributed by atoms with Crippen molar-refractivity contribution in [3.8, 4) is 11.5 Å². The minimum absolute atomic E-state index is 0.0467. The van der Waals surface area contributed by atoms with Gasteiger partial charge in [-0.05, 0) is 74.4 Å². The lowest BCUT2D eigenvalue weighted by molar-refractivity contribution is -0.116. The number of sulfonamides is 2. The fourth-order valence-corrected chi connectivity index (χ4v) is 6.08. The number of carbonyl (C=O) groups excluding carboxylic acids is 1. The zero-order chi connectivity index (χ0) is 28.3. The Kier molecular flexibility index (Phi) is 8.58. The quantitative estimate of drug-likeness (QED) is 0.384. The Morgan fingerprint density at radius 1 is 0.895 bits per heavy atom. The number of amides is 1. The van der Waals surface area contributed by atoms with Crippen LogP contribution in [0, 0.1) is 13.8 Å². The number of nitrogens with zero attached hydrogens (tertiary/aromatic N) is 1. The van der Waals surface area contributed by atoms with E-state index in [-0.39, 0.29) is 16.3 Å². The SMILES string of the molecule is COc1ccc(NS(=O)(=O)c2ccc(NC(=O)[C@H](C)N(c3cc(C)ccc3C)S(C)(=O)=O)cc2)c(OC)c1. The van der Waals surface area contributed by atoms with Crippen molar-refractivity contribution in [3.63, 3.8) is 0 Å². The topological polar surface area (TPSA) is 131 Å². The molecule has 0 radical (unpaired) electrons. The summed E-state index contributed by atoms with van der Waals surface area (Å²) >= 11 is 0. The standard InChI is InChI=1S/C26H31N3O7S2/c1-17-7-8-18(2)24(15-17)29(37(6,31)32)19(3)26(30)27-20-9-12-22(13-10-20)38(33,34)28-23-14-11-21(35-4)16-25(23)36-5/h7-16,19,28H,1-6H3,(H,27,30)/t19-/m0/s1. The molecule has 204 valence electrons. The fraction of sp³-hybridized carbons (Fsp3) is 0.269. The summed E-state index contributed by atoms with van der Waals surface area (Å²) in [5.41, 5.74) is 2.50. The van der Waals surface area contributed by atoms with E-state index in [0.29, 0.717) is 22.7 Å². The molecule has 0 heterocycles. The number of hydrogen-bond acceptors (Lipinski definition) is 7. The van der Waals surface area contributed by atoms with E-state index in [1.165, 1.54) is 51.5 Å². The molecule has 0 aliphatic rings. The summed E-state index contributed by atoms with van der Waals surface area (Å²) in [6, 6.07) is 14.5. The third kappa shape index (κ3) is 6.56. The van der Waals surface area contributed by atoms with Gasteiger partial charge in [-0.15, -0.1) is 0 Å². The van der Waals surface area contributed by atoms with E-state index in [2.05, 4.69) is 10.0 Å². The van der Waals surface area contributed by atoms with Crippen molar-refractivity contribution in [2.45, 2.75) is 31.7 Å². The molecule has 2 N–H and O–H groups in total. The monoisotopic (exact) mass is 561 g/mol. The van der Waals surface area contributed by atoms with E-state index >= 15 is 0 Å². The summed E-state index contributed by atoms with van der Waals surface area (Å²) in [6.45, 7) is 5.10. The molecule has 0 aromatic heterocycles. The van der Waals surface area contributed by atoms with Gasteiger partial charge in [-0.1, -0.05) is 12.1 Å². The van der Waals surface area contributed by atoms with Crippen LogP contribution in [0.4, 0.5) is 17.1 Å². The van der Waals surface area contributed by atoms with Crippen molar-refractivity contribution < 1.29 is 31.1 Å². The molecule has 3 aromatic carbocycles. The first-order valence-electron chi connectivity index (χ1n) is 11.5. The van der Waals surface area contributed by atoms with Crippen molar-refractivity contribution in [1.29, 1.82) is 0 Å². The number of ether oxygens (including phenoxy) is 2. The maximum atomic E-state index is 13.0. The van der Waals surface area contributed by atoms with E-state index < -0.39 is 32.0 Å². The Hall–Kier alpha value is -3.77. The number of hydrogen-bond donors (Lipinski definition) is 2. The second-order valence-corrected chi connectivity index (χ2v) is 12.3. The molecule has 0 spiro atoms. The predicted octanol–water partition coefficient (Wildman–Crippen LogP) is 3.91. The van der Waals surface area contributed by atoms with Gasteiger partial charge in [0.05, 0.1) is 36.7 Å². The van der Waals surface area contributed by atoms with Gasteiger partial charge >= 0.3 is 0 Å². The van der Waals surface area contributed by atoms with Gasteiger partial charge in [0.2, 0.25) is 15.9 Å². The normalized spacial score (nSPS) is 12.4. The summed E-state index contributed by atoms with van der Waals surface area (Å²) in [7, 11) is -4.87. The molecule has 0 bridgehead atoms. The van der Waals surface area contributed by atoms with Crippen LogP contribution in [0.25, 0.3) is 0 Å². The minimum Gasteiger partial charge on any atom is -0.497 e. The first-order chi connectivity index (χ1) is 17.8. The predicted molar refractivity (Wildman–Crippen MR) is 148 cm³/mol. The summed E-state index contributed by atoms with van der Waals surface area (Å²) < 4.78 is 65.0. The van der Waals surface area contributed by atoms with Gasteiger partial charge in [0, 0.05) is 11.8 Å². The van der Waals surface area contributed by atoms with E-state index in [1.807, 2.05) is 13.0 Å². The number of carbonyl (C=O) groups is 1.